The lowest BCUT2D eigenvalue weighted by atomic mass is 9.84. The minimum Gasteiger partial charge on any atom is -0.496 e. The lowest BCUT2D eigenvalue weighted by Crippen LogP contribution is -2.59. The van der Waals surface area contributed by atoms with E-state index >= 15 is 0 Å². The van der Waals surface area contributed by atoms with E-state index in [0.29, 0.717) is 61.2 Å². The van der Waals surface area contributed by atoms with E-state index in [1.54, 1.807) is 12.0 Å². The number of hydrogen-bond donors (Lipinski definition) is 2. The van der Waals surface area contributed by atoms with Crippen molar-refractivity contribution in [3.8, 4) is 22.2 Å². The number of benzene rings is 1. The van der Waals surface area contributed by atoms with E-state index in [9.17, 15) is 22.8 Å². The summed E-state index contributed by atoms with van der Waals surface area (Å²) in [5.74, 6) is -0.118. The van der Waals surface area contributed by atoms with Gasteiger partial charge in [-0.2, -0.15) is 0 Å². The predicted octanol–water partition coefficient (Wildman–Crippen LogP) is 5.47. The van der Waals surface area contributed by atoms with Crippen LogP contribution in [0, 0.1) is 24.7 Å². The van der Waals surface area contributed by atoms with E-state index in [1.807, 2.05) is 51.3 Å². The maximum absolute atomic E-state index is 14.4. The van der Waals surface area contributed by atoms with Gasteiger partial charge in [0.2, 0.25) is 21.8 Å². The summed E-state index contributed by atoms with van der Waals surface area (Å²) in [7, 11) is -2.19. The zero-order valence-electron chi connectivity index (χ0n) is 30.9. The van der Waals surface area contributed by atoms with Crippen LogP contribution < -0.4 is 19.5 Å². The molecule has 2 N–H and O–H groups in total. The average Bonchev–Trinajstić information content (AvgIpc) is 3.99. The highest BCUT2D eigenvalue weighted by atomic mass is 32.2. The Hall–Kier alpha value is -3.78. The third-order valence-corrected chi connectivity index (χ3v) is 14.3. The van der Waals surface area contributed by atoms with Crippen molar-refractivity contribution in [1.82, 2.24) is 24.9 Å². The molecule has 280 valence electrons. The second kappa shape index (κ2) is 13.6. The highest BCUT2D eigenvalue weighted by Gasteiger charge is 2.63. The van der Waals surface area contributed by atoms with Crippen molar-refractivity contribution in [2.45, 2.75) is 121 Å². The molecule has 12 nitrogen and oxygen atoms in total. The number of rotatable bonds is 12. The van der Waals surface area contributed by atoms with Gasteiger partial charge in [0.05, 0.1) is 29.6 Å². The number of piperidine rings is 1. The fraction of sp³-hybridized carbons (Fsp3) is 0.605. The van der Waals surface area contributed by atoms with Crippen LogP contribution in [0.1, 0.15) is 96.7 Å². The second-order valence-corrected chi connectivity index (χ2v) is 18.4. The molecule has 1 unspecified atom stereocenters. The number of pyridine rings is 1. The van der Waals surface area contributed by atoms with Crippen molar-refractivity contribution in [1.29, 1.82) is 0 Å². The lowest BCUT2D eigenvalue weighted by Gasteiger charge is -2.40. The smallest absolute Gasteiger partial charge is 0.259 e. The highest BCUT2D eigenvalue weighted by molar-refractivity contribution is 7.91. The van der Waals surface area contributed by atoms with E-state index in [0.717, 1.165) is 21.7 Å². The molecule has 0 spiro atoms. The molecule has 6 atom stereocenters. The van der Waals surface area contributed by atoms with E-state index in [4.69, 9.17) is 19.4 Å². The van der Waals surface area contributed by atoms with Gasteiger partial charge in [-0.05, 0) is 68.9 Å². The number of carbonyl (C=O) groups is 3. The van der Waals surface area contributed by atoms with Crippen molar-refractivity contribution < 1.29 is 32.3 Å². The lowest BCUT2D eigenvalue weighted by molar-refractivity contribution is -0.149. The number of amides is 3. The summed E-state index contributed by atoms with van der Waals surface area (Å²) < 4.78 is 40.3. The van der Waals surface area contributed by atoms with Crippen molar-refractivity contribution in [3.05, 3.63) is 34.8 Å². The fourth-order valence-electron chi connectivity index (χ4n) is 8.12. The molecule has 3 aromatic rings. The molecule has 52 heavy (non-hydrogen) atoms. The van der Waals surface area contributed by atoms with Crippen LogP contribution in [0.5, 0.6) is 11.5 Å². The maximum atomic E-state index is 14.4. The fourth-order valence-corrected chi connectivity index (χ4v) is 10.4. The summed E-state index contributed by atoms with van der Waals surface area (Å²) in [5.41, 5.74) is 1.86. The summed E-state index contributed by atoms with van der Waals surface area (Å²) in [6.45, 7) is 12.1. The maximum Gasteiger partial charge on any atom is 0.259 e. The van der Waals surface area contributed by atoms with Gasteiger partial charge >= 0.3 is 0 Å². The summed E-state index contributed by atoms with van der Waals surface area (Å²) in [5, 5.41) is 5.98. The quantitative estimate of drug-likeness (QED) is 0.245. The zero-order valence-corrected chi connectivity index (χ0v) is 32.5. The molecule has 2 saturated carbocycles. The topological polar surface area (TPSA) is 157 Å². The molecule has 3 amide bonds. The predicted molar refractivity (Wildman–Crippen MR) is 199 cm³/mol. The highest BCUT2D eigenvalue weighted by Crippen LogP contribution is 2.48. The number of methoxy groups -OCH3 is 1. The minimum absolute atomic E-state index is 0.0773. The molecule has 0 bridgehead atoms. The summed E-state index contributed by atoms with van der Waals surface area (Å²) in [4.78, 5) is 53.7. The van der Waals surface area contributed by atoms with Gasteiger partial charge in [0, 0.05) is 34.7 Å². The van der Waals surface area contributed by atoms with Crippen LogP contribution in [0.3, 0.4) is 0 Å². The van der Waals surface area contributed by atoms with Gasteiger partial charge in [0.1, 0.15) is 39.9 Å². The molecule has 2 aromatic heterocycles. The van der Waals surface area contributed by atoms with Crippen LogP contribution in [-0.2, 0) is 24.4 Å². The van der Waals surface area contributed by atoms with Crippen molar-refractivity contribution in [2.24, 2.45) is 17.8 Å². The summed E-state index contributed by atoms with van der Waals surface area (Å²) in [6.07, 6.45) is 2.97. The van der Waals surface area contributed by atoms with Crippen LogP contribution in [-0.4, -0.2) is 77.1 Å². The Bertz CT molecular complexity index is 2030. The molecule has 0 radical (unpaired) electrons. The number of nitrogens with one attached hydrogen (secondary N) is 2. The van der Waals surface area contributed by atoms with E-state index in [-0.39, 0.29) is 42.0 Å². The Morgan fingerprint density at radius 3 is 2.46 bits per heavy atom. The normalized spacial score (nSPS) is 27.2. The van der Waals surface area contributed by atoms with Gasteiger partial charge in [-0.15, -0.1) is 11.3 Å². The average molecular weight is 752 g/mol. The van der Waals surface area contributed by atoms with E-state index in [2.05, 4.69) is 23.9 Å². The number of nitrogens with zero attached hydrogens (tertiary/aromatic N) is 3. The van der Waals surface area contributed by atoms with E-state index in [1.165, 1.54) is 11.3 Å². The van der Waals surface area contributed by atoms with Gasteiger partial charge in [-0.1, -0.05) is 41.0 Å². The van der Waals surface area contributed by atoms with Crippen LogP contribution in [0.2, 0.25) is 0 Å². The Kier molecular flexibility index (Phi) is 9.54. The number of carbonyl (C=O) groups excluding carboxylic acids is 3. The zero-order chi connectivity index (χ0) is 37.3. The molecule has 4 heterocycles. The number of aryl methyl sites for hydroxylation is 1. The molecule has 14 heteroatoms. The van der Waals surface area contributed by atoms with Gasteiger partial charge in [0.15, 0.2) is 0 Å². The first-order valence-corrected chi connectivity index (χ1v) is 20.9. The standard InChI is InChI=1S/C38H49N5O7S2/c1-8-22-17-38(22,37(46)42-52(47,48)23-9-10-23)41-34(44)29-16-32(28-13-11-24(19(2)3)36(45)43(28)29)50-31-15-26(35-40-27(18-51-35)20(4)5)39-33-21(6)30(49-7)14-12-25(31)33/h12,14-15,18-20,22-24,28-29,32H,8-11,13,16-17H2,1-7H3,(H,41,44)(H,42,46)/t22-,24-,28-,29+,32-,38?/m1/s1. The number of fused-ring (bicyclic) bond motifs is 2. The van der Waals surface area contributed by atoms with Crippen LogP contribution in [0.15, 0.2) is 23.6 Å². The van der Waals surface area contributed by atoms with Crippen LogP contribution in [0.25, 0.3) is 21.6 Å². The SMILES string of the molecule is CC[C@@H]1CC1(NC(=O)[C@@H]1C[C@@H](Oc2cc(-c3nc(C(C)C)cs3)nc3c(C)c(OC)ccc23)[C@H]2CC[C@H](C(C)C)C(=O)N21)C(=O)NS(=O)(=O)C1CC1. The van der Waals surface area contributed by atoms with Crippen molar-refractivity contribution in [3.63, 3.8) is 0 Å². The second-order valence-electron chi connectivity index (χ2n) is 15.6. The van der Waals surface area contributed by atoms with Gasteiger partial charge in [-0.25, -0.2) is 18.4 Å². The monoisotopic (exact) mass is 751 g/mol. The number of hydrogen-bond acceptors (Lipinski definition) is 10. The first kappa shape index (κ1) is 36.6. The Morgan fingerprint density at radius 1 is 1.10 bits per heavy atom. The van der Waals surface area contributed by atoms with Crippen LogP contribution >= 0.6 is 11.3 Å². The molecule has 4 aliphatic rings. The molecule has 7 rings (SSSR count). The summed E-state index contributed by atoms with van der Waals surface area (Å²) in [6, 6.07) is 4.43. The minimum atomic E-state index is -3.81. The number of aromatic nitrogens is 2. The Morgan fingerprint density at radius 2 is 1.85 bits per heavy atom. The first-order chi connectivity index (χ1) is 24.7. The number of thiazole rings is 1. The number of ether oxygens (including phenoxy) is 2. The first-order valence-electron chi connectivity index (χ1n) is 18.5. The largest absolute Gasteiger partial charge is 0.496 e. The molecular formula is C38H49N5O7S2. The molecule has 4 fully saturated rings. The van der Waals surface area contributed by atoms with Gasteiger partial charge in [0.25, 0.3) is 5.91 Å². The van der Waals surface area contributed by atoms with Gasteiger partial charge in [-0.3, -0.25) is 19.1 Å². The van der Waals surface area contributed by atoms with Crippen LogP contribution in [0.4, 0.5) is 0 Å². The molecule has 2 saturated heterocycles. The van der Waals surface area contributed by atoms with Crippen molar-refractivity contribution in [2.75, 3.05) is 7.11 Å². The van der Waals surface area contributed by atoms with Crippen molar-refractivity contribution >= 4 is 50.0 Å². The van der Waals surface area contributed by atoms with Gasteiger partial charge < -0.3 is 19.7 Å². The summed E-state index contributed by atoms with van der Waals surface area (Å²) >= 11 is 1.52. The third kappa shape index (κ3) is 6.43. The molecule has 2 aliphatic heterocycles. The third-order valence-electron chi connectivity index (χ3n) is 11.6. The Balaban J connectivity index is 1.23. The number of sulfonamides is 1. The molecule has 2 aliphatic carbocycles. The van der Waals surface area contributed by atoms with E-state index < -0.39 is 44.8 Å². The Labute approximate surface area is 309 Å². The molecule has 1 aromatic carbocycles. The molecular weight excluding hydrogens is 703 g/mol.